The first kappa shape index (κ1) is 36.5. The van der Waals surface area contributed by atoms with Crippen molar-refractivity contribution in [2.24, 2.45) is 0 Å². The average molecular weight is 651 g/mol. The summed E-state index contributed by atoms with van der Waals surface area (Å²) < 4.78 is 13.7. The maximum atomic E-state index is 6.86. The van der Waals surface area contributed by atoms with E-state index in [4.69, 9.17) is 18.8 Å². The van der Waals surface area contributed by atoms with Crippen LogP contribution in [0.25, 0.3) is 0 Å². The van der Waals surface area contributed by atoms with E-state index in [2.05, 4.69) is 81.4 Å². The van der Waals surface area contributed by atoms with E-state index in [-0.39, 0.29) is 0 Å². The van der Waals surface area contributed by atoms with Crippen LogP contribution in [0.4, 0.5) is 0 Å². The van der Waals surface area contributed by atoms with Crippen LogP contribution in [0.1, 0.15) is 161 Å². The van der Waals surface area contributed by atoms with E-state index in [1.54, 1.807) is 10.4 Å². The first-order valence-corrected chi connectivity index (χ1v) is 23.0. The second kappa shape index (κ2) is 16.2. The Morgan fingerprint density at radius 3 is 1.24 bits per heavy atom. The van der Waals surface area contributed by atoms with Gasteiger partial charge in [-0.3, -0.25) is 9.97 Å². The second-order valence-electron chi connectivity index (χ2n) is 15.4. The summed E-state index contributed by atoms with van der Waals surface area (Å²) in [5, 5.41) is 3.12. The highest BCUT2D eigenvalue weighted by molar-refractivity contribution is 6.90. The van der Waals surface area contributed by atoms with Crippen LogP contribution in [0.3, 0.4) is 0 Å². The van der Waals surface area contributed by atoms with Gasteiger partial charge in [-0.05, 0) is 101 Å². The van der Waals surface area contributed by atoms with Crippen LogP contribution in [0, 0.1) is 0 Å². The molecule has 2 aliphatic rings. The van der Waals surface area contributed by atoms with Gasteiger partial charge in [0.25, 0.3) is 0 Å². The van der Waals surface area contributed by atoms with Crippen molar-refractivity contribution in [2.45, 2.75) is 188 Å². The molecule has 2 aliphatic heterocycles. The van der Waals surface area contributed by atoms with Crippen molar-refractivity contribution >= 4 is 27.0 Å². The predicted molar refractivity (Wildman–Crippen MR) is 197 cm³/mol. The van der Waals surface area contributed by atoms with E-state index in [1.807, 2.05) is 0 Å². The van der Waals surface area contributed by atoms with E-state index in [9.17, 15) is 0 Å². The van der Waals surface area contributed by atoms with Gasteiger partial charge in [0, 0.05) is 22.8 Å². The van der Waals surface area contributed by atoms with Crippen LogP contribution >= 0.6 is 0 Å². The maximum Gasteiger partial charge on any atom is 0.231 e. The van der Waals surface area contributed by atoms with E-state index >= 15 is 0 Å². The molecule has 0 unspecified atom stereocenters. The lowest BCUT2D eigenvalue weighted by molar-refractivity contribution is 0.299. The first-order chi connectivity index (χ1) is 21.5. The molecule has 0 atom stereocenters. The molecule has 4 rings (SSSR count). The summed E-state index contributed by atoms with van der Waals surface area (Å²) >= 11 is 0. The molecule has 0 aliphatic carbocycles. The van der Waals surface area contributed by atoms with Crippen molar-refractivity contribution < 1.29 is 8.85 Å². The van der Waals surface area contributed by atoms with Gasteiger partial charge in [-0.1, -0.05) is 108 Å². The minimum atomic E-state index is -2.07. The summed E-state index contributed by atoms with van der Waals surface area (Å²) in [6.07, 6.45) is 15.5. The Balaban J connectivity index is 1.58. The molecule has 252 valence electrons. The van der Waals surface area contributed by atoms with Crippen molar-refractivity contribution in [1.82, 2.24) is 9.97 Å². The first-order valence-electron chi connectivity index (χ1n) is 18.8. The van der Waals surface area contributed by atoms with Crippen LogP contribution < -0.4 is 10.4 Å². The fourth-order valence-electron chi connectivity index (χ4n) is 8.82. The summed E-state index contributed by atoms with van der Waals surface area (Å²) in [5.41, 5.74) is 10.4. The maximum absolute atomic E-state index is 6.86. The Hall–Kier alpha value is -1.35. The van der Waals surface area contributed by atoms with Gasteiger partial charge in [-0.25, -0.2) is 0 Å². The monoisotopic (exact) mass is 650 g/mol. The molecule has 0 saturated heterocycles. The van der Waals surface area contributed by atoms with Crippen LogP contribution in [-0.2, 0) is 47.7 Å². The predicted octanol–water partition coefficient (Wildman–Crippen LogP) is 9.90. The van der Waals surface area contributed by atoms with Crippen molar-refractivity contribution in [3.8, 4) is 0 Å². The minimum Gasteiger partial charge on any atom is -0.408 e. The molecule has 0 saturated carbocycles. The van der Waals surface area contributed by atoms with E-state index in [1.165, 1.54) is 85.3 Å². The number of nitrogens with zero attached hydrogens (tertiary/aromatic N) is 2. The normalized spacial score (nSPS) is 16.8. The Labute approximate surface area is 279 Å². The van der Waals surface area contributed by atoms with Crippen molar-refractivity contribution in [2.75, 3.05) is 0 Å². The number of aromatic nitrogens is 2. The third-order valence-electron chi connectivity index (χ3n) is 11.0. The molecular formula is C39H66N2O2Si2. The number of hydrogen-bond acceptors (Lipinski definition) is 4. The Morgan fingerprint density at radius 2 is 0.911 bits per heavy atom. The number of fused-ring (bicyclic) bond motifs is 2. The molecule has 0 amide bonds. The lowest BCUT2D eigenvalue weighted by Crippen LogP contribution is -2.54. The number of pyridine rings is 2. The zero-order valence-corrected chi connectivity index (χ0v) is 32.8. The minimum absolute atomic E-state index is 0.556. The molecule has 0 bridgehead atoms. The molecule has 4 heterocycles. The molecule has 2 aromatic rings. The van der Waals surface area contributed by atoms with Crippen molar-refractivity contribution in [1.29, 1.82) is 0 Å². The van der Waals surface area contributed by atoms with Crippen LogP contribution in [0.5, 0.6) is 0 Å². The lowest BCUT2D eigenvalue weighted by atomic mass is 10.0. The average Bonchev–Trinajstić information content (AvgIpc) is 3.59. The fraction of sp³-hybridized carbons (Fsp3) is 0.744. The largest absolute Gasteiger partial charge is 0.408 e. The highest BCUT2D eigenvalue weighted by atomic mass is 28.4. The molecule has 0 N–H and O–H groups in total. The molecule has 0 fully saturated rings. The third kappa shape index (κ3) is 7.55. The number of rotatable bonds is 18. The van der Waals surface area contributed by atoms with Crippen LogP contribution in [0.15, 0.2) is 12.1 Å². The number of aryl methyl sites for hydroxylation is 4. The molecule has 2 aromatic heterocycles. The van der Waals surface area contributed by atoms with Gasteiger partial charge in [0.2, 0.25) is 16.6 Å². The van der Waals surface area contributed by atoms with E-state index in [0.717, 1.165) is 45.3 Å². The van der Waals surface area contributed by atoms with Crippen molar-refractivity contribution in [3.05, 3.63) is 46.0 Å². The van der Waals surface area contributed by atoms with Gasteiger partial charge in [0.1, 0.15) is 0 Å². The number of unbranched alkanes of at least 4 members (excludes halogenated alkanes) is 6. The molecule has 0 aromatic carbocycles. The molecular weight excluding hydrogens is 585 g/mol. The summed E-state index contributed by atoms with van der Waals surface area (Å²) in [7, 11) is -4.14. The molecule has 0 radical (unpaired) electrons. The van der Waals surface area contributed by atoms with Gasteiger partial charge in [-0.15, -0.1) is 0 Å². The highest BCUT2D eigenvalue weighted by Gasteiger charge is 2.52. The topological polar surface area (TPSA) is 44.2 Å². The van der Waals surface area contributed by atoms with E-state index in [0.29, 0.717) is 22.2 Å². The summed E-state index contributed by atoms with van der Waals surface area (Å²) in [5.74, 6) is 0. The Morgan fingerprint density at radius 1 is 0.533 bits per heavy atom. The van der Waals surface area contributed by atoms with Crippen LogP contribution in [0.2, 0.25) is 22.2 Å². The standard InChI is InChI=1S/C39H66N2O2Si2/c1-11-13-15-17-22-36-38-32(26-42-44(38,28(3)4)29(5)6)24-34(40-36)20-19-21-35-25-33-27-43-45(30(7)8,31(9)10)39(33)37(41-35)23-18-16-14-12-2/h24-25,28-31H,11-23,26-27H2,1-10H3. The highest BCUT2D eigenvalue weighted by Crippen LogP contribution is 2.41. The second-order valence-corrected chi connectivity index (χ2v) is 24.8. The fourth-order valence-corrected chi connectivity index (χ4v) is 18.8. The third-order valence-corrected chi connectivity index (χ3v) is 21.9. The molecule has 45 heavy (non-hydrogen) atoms. The van der Waals surface area contributed by atoms with Gasteiger partial charge < -0.3 is 8.85 Å². The smallest absolute Gasteiger partial charge is 0.231 e. The van der Waals surface area contributed by atoms with E-state index < -0.39 is 16.6 Å². The lowest BCUT2D eigenvalue weighted by Gasteiger charge is -2.35. The quantitative estimate of drug-likeness (QED) is 0.119. The van der Waals surface area contributed by atoms with Gasteiger partial charge in [0.15, 0.2) is 0 Å². The molecule has 4 nitrogen and oxygen atoms in total. The van der Waals surface area contributed by atoms with Gasteiger partial charge in [0.05, 0.1) is 13.2 Å². The van der Waals surface area contributed by atoms with Gasteiger partial charge in [-0.2, -0.15) is 0 Å². The zero-order valence-electron chi connectivity index (χ0n) is 30.8. The molecule has 6 heteroatoms. The summed E-state index contributed by atoms with van der Waals surface area (Å²) in [6, 6.07) is 4.83. The molecule has 0 spiro atoms. The zero-order chi connectivity index (χ0) is 32.8. The van der Waals surface area contributed by atoms with Gasteiger partial charge >= 0.3 is 0 Å². The van der Waals surface area contributed by atoms with Crippen LogP contribution in [-0.4, -0.2) is 26.6 Å². The van der Waals surface area contributed by atoms with Crippen molar-refractivity contribution in [3.63, 3.8) is 0 Å². The SMILES string of the molecule is CCCCCCc1nc(CCCc2cc3c(c(CCCCCC)n2)[Si](C(C)C)(C(C)C)OC3)cc2c1[Si](C(C)C)(C(C)C)OC2. The summed E-state index contributed by atoms with van der Waals surface area (Å²) in [4.78, 5) is 10.9. The Bertz CT molecular complexity index is 1140. The summed E-state index contributed by atoms with van der Waals surface area (Å²) in [6.45, 7) is 25.2. The number of hydrogen-bond donors (Lipinski definition) is 0. The Kier molecular flexibility index (Phi) is 13.1.